The first-order valence-corrected chi connectivity index (χ1v) is 17.4. The zero-order chi connectivity index (χ0) is 33.0. The number of rotatable bonds is 20. The molecule has 0 radical (unpaired) electrons. The van der Waals surface area contributed by atoms with E-state index in [1.807, 2.05) is 0 Å². The van der Waals surface area contributed by atoms with Crippen LogP contribution in [-0.2, 0) is 14.4 Å². The molecule has 0 aliphatic carbocycles. The lowest BCUT2D eigenvalue weighted by atomic mass is 9.93. The van der Waals surface area contributed by atoms with Crippen molar-refractivity contribution in [1.29, 1.82) is 0 Å². The standard InChI is InChI=1S/C39H52F2N2O3/c1-2-3-4-5-6-7-8-9-10-11-12-13-14-19-26-42-37(44)24-25-38(45)43-29-33(27-31-20-15-17-22-35(31)40)39(46)34(30-43)28-32-21-16-18-23-36(32)41/h15-18,20-23,27-28H,2-14,19,24-26,29-30H2,1H3,(H,42,44). The number of amides is 2. The highest BCUT2D eigenvalue weighted by Gasteiger charge is 2.29. The number of hydrogen-bond donors (Lipinski definition) is 1. The fraction of sp³-hybridized carbons (Fsp3) is 0.513. The van der Waals surface area contributed by atoms with Gasteiger partial charge >= 0.3 is 0 Å². The molecule has 0 spiro atoms. The molecule has 250 valence electrons. The van der Waals surface area contributed by atoms with Crippen LogP contribution in [0.5, 0.6) is 0 Å². The minimum Gasteiger partial charge on any atom is -0.356 e. The molecule has 0 bridgehead atoms. The molecule has 1 saturated heterocycles. The van der Waals surface area contributed by atoms with Crippen molar-refractivity contribution in [1.82, 2.24) is 10.2 Å². The highest BCUT2D eigenvalue weighted by atomic mass is 19.1. The molecule has 1 aliphatic rings. The van der Waals surface area contributed by atoms with Gasteiger partial charge in [-0.3, -0.25) is 14.4 Å². The second-order valence-corrected chi connectivity index (χ2v) is 12.4. The van der Waals surface area contributed by atoms with E-state index in [9.17, 15) is 23.2 Å². The summed E-state index contributed by atoms with van der Waals surface area (Å²) in [6.07, 6.45) is 20.8. The normalized spacial score (nSPS) is 15.1. The second-order valence-electron chi connectivity index (χ2n) is 12.4. The van der Waals surface area contributed by atoms with Gasteiger partial charge in [-0.2, -0.15) is 0 Å². The van der Waals surface area contributed by atoms with Gasteiger partial charge in [0.1, 0.15) is 11.6 Å². The maximum atomic E-state index is 14.4. The monoisotopic (exact) mass is 634 g/mol. The maximum absolute atomic E-state index is 14.4. The summed E-state index contributed by atoms with van der Waals surface area (Å²) in [5.74, 6) is -1.80. The van der Waals surface area contributed by atoms with Crippen molar-refractivity contribution in [3.05, 3.63) is 82.4 Å². The Hall–Kier alpha value is -3.61. The Morgan fingerprint density at radius 3 is 1.57 bits per heavy atom. The first-order valence-electron chi connectivity index (χ1n) is 17.4. The molecule has 2 amide bonds. The Morgan fingerprint density at radius 2 is 1.11 bits per heavy atom. The smallest absolute Gasteiger partial charge is 0.223 e. The number of Topliss-reactive ketones (excluding diaryl/α,β-unsaturated/α-hetero) is 1. The van der Waals surface area contributed by atoms with Crippen LogP contribution in [0.25, 0.3) is 12.2 Å². The van der Waals surface area contributed by atoms with Crippen LogP contribution < -0.4 is 5.32 Å². The Labute approximate surface area is 274 Å². The van der Waals surface area contributed by atoms with Crippen LogP contribution >= 0.6 is 0 Å². The third-order valence-electron chi connectivity index (χ3n) is 8.55. The Bertz CT molecular complexity index is 1250. The lowest BCUT2D eigenvalue weighted by Crippen LogP contribution is -2.42. The Morgan fingerprint density at radius 1 is 0.674 bits per heavy atom. The van der Waals surface area contributed by atoms with Gasteiger partial charge in [0, 0.05) is 54.7 Å². The number of ketones is 1. The van der Waals surface area contributed by atoms with E-state index in [4.69, 9.17) is 0 Å². The van der Waals surface area contributed by atoms with Crippen molar-refractivity contribution >= 4 is 29.7 Å². The van der Waals surface area contributed by atoms with E-state index in [-0.39, 0.29) is 65.8 Å². The SMILES string of the molecule is CCCCCCCCCCCCCCCCNC(=O)CCC(=O)N1CC(=Cc2ccccc2F)C(=O)C(=Cc2ccccc2F)C1. The number of benzene rings is 2. The Balaban J connectivity index is 1.39. The third-order valence-corrected chi connectivity index (χ3v) is 8.55. The van der Waals surface area contributed by atoms with Crippen molar-refractivity contribution in [3.63, 3.8) is 0 Å². The number of carbonyl (C=O) groups excluding carboxylic acids is 3. The summed E-state index contributed by atoms with van der Waals surface area (Å²) < 4.78 is 28.8. The molecule has 7 heteroatoms. The van der Waals surface area contributed by atoms with E-state index in [1.165, 1.54) is 106 Å². The topological polar surface area (TPSA) is 66.5 Å². The van der Waals surface area contributed by atoms with E-state index in [2.05, 4.69) is 12.2 Å². The lowest BCUT2D eigenvalue weighted by Gasteiger charge is -2.30. The van der Waals surface area contributed by atoms with Crippen LogP contribution in [0, 0.1) is 11.6 Å². The molecule has 5 nitrogen and oxygen atoms in total. The molecular formula is C39H52F2N2O3. The highest BCUT2D eigenvalue weighted by molar-refractivity contribution is 6.15. The van der Waals surface area contributed by atoms with E-state index < -0.39 is 11.6 Å². The molecule has 0 atom stereocenters. The average molecular weight is 635 g/mol. The zero-order valence-corrected chi connectivity index (χ0v) is 27.6. The first-order chi connectivity index (χ1) is 22.4. The number of halogens is 2. The summed E-state index contributed by atoms with van der Waals surface area (Å²) in [4.78, 5) is 40.4. The fourth-order valence-electron chi connectivity index (χ4n) is 5.79. The van der Waals surface area contributed by atoms with Crippen molar-refractivity contribution < 1.29 is 23.2 Å². The van der Waals surface area contributed by atoms with E-state index in [0.717, 1.165) is 12.8 Å². The van der Waals surface area contributed by atoms with Crippen LogP contribution in [0.4, 0.5) is 8.78 Å². The van der Waals surface area contributed by atoms with Crippen molar-refractivity contribution in [2.75, 3.05) is 19.6 Å². The molecule has 1 heterocycles. The first kappa shape index (κ1) is 36.9. The molecule has 46 heavy (non-hydrogen) atoms. The minimum atomic E-state index is -0.485. The molecule has 2 aromatic carbocycles. The van der Waals surface area contributed by atoms with Crippen molar-refractivity contribution in [2.45, 2.75) is 110 Å². The highest BCUT2D eigenvalue weighted by Crippen LogP contribution is 2.24. The van der Waals surface area contributed by atoms with Gasteiger partial charge in [0.2, 0.25) is 11.8 Å². The predicted molar refractivity (Wildman–Crippen MR) is 183 cm³/mol. The molecule has 0 aromatic heterocycles. The van der Waals surface area contributed by atoms with E-state index >= 15 is 0 Å². The van der Waals surface area contributed by atoms with Crippen LogP contribution in [-0.4, -0.2) is 42.1 Å². The van der Waals surface area contributed by atoms with Crippen LogP contribution in [0.2, 0.25) is 0 Å². The average Bonchev–Trinajstić information content (AvgIpc) is 3.05. The summed E-state index contributed by atoms with van der Waals surface area (Å²) in [5, 5.41) is 2.92. The molecule has 1 N–H and O–H groups in total. The maximum Gasteiger partial charge on any atom is 0.223 e. The van der Waals surface area contributed by atoms with Gasteiger partial charge < -0.3 is 10.2 Å². The van der Waals surface area contributed by atoms with Gasteiger partial charge in [-0.25, -0.2) is 8.78 Å². The minimum absolute atomic E-state index is 0.0126. The van der Waals surface area contributed by atoms with Crippen molar-refractivity contribution in [3.8, 4) is 0 Å². The second kappa shape index (κ2) is 21.2. The van der Waals surface area contributed by atoms with Crippen LogP contribution in [0.1, 0.15) is 121 Å². The summed E-state index contributed by atoms with van der Waals surface area (Å²) in [5.41, 5.74) is 0.922. The van der Waals surface area contributed by atoms with Crippen LogP contribution in [0.15, 0.2) is 59.7 Å². The molecule has 0 unspecified atom stereocenters. The summed E-state index contributed by atoms with van der Waals surface area (Å²) >= 11 is 0. The fourth-order valence-corrected chi connectivity index (χ4v) is 5.79. The summed E-state index contributed by atoms with van der Waals surface area (Å²) in [6, 6.07) is 12.2. The summed E-state index contributed by atoms with van der Waals surface area (Å²) in [6.45, 7) is 2.82. The van der Waals surface area contributed by atoms with Crippen molar-refractivity contribution in [2.24, 2.45) is 0 Å². The molecule has 1 aliphatic heterocycles. The number of likely N-dealkylation sites (tertiary alicyclic amines) is 1. The van der Waals surface area contributed by atoms with Gasteiger partial charge in [0.05, 0.1) is 0 Å². The number of hydrogen-bond acceptors (Lipinski definition) is 3. The van der Waals surface area contributed by atoms with Gasteiger partial charge in [0.15, 0.2) is 5.78 Å². The molecule has 3 rings (SSSR count). The molecule has 2 aromatic rings. The van der Waals surface area contributed by atoms with Crippen LogP contribution in [0.3, 0.4) is 0 Å². The quantitative estimate of drug-likeness (QED) is 0.117. The number of carbonyl (C=O) groups is 3. The Kier molecular flexibility index (Phi) is 17.0. The van der Waals surface area contributed by atoms with Gasteiger partial charge in [-0.1, -0.05) is 127 Å². The lowest BCUT2D eigenvalue weighted by molar-refractivity contribution is -0.133. The number of nitrogens with one attached hydrogen (secondary N) is 1. The van der Waals surface area contributed by atoms with Gasteiger partial charge in [-0.15, -0.1) is 0 Å². The van der Waals surface area contributed by atoms with E-state index in [1.54, 1.807) is 36.4 Å². The number of nitrogens with zero attached hydrogens (tertiary/aromatic N) is 1. The number of unbranched alkanes of at least 4 members (excludes halogenated alkanes) is 13. The molecule has 1 fully saturated rings. The number of piperidine rings is 1. The predicted octanol–water partition coefficient (Wildman–Crippen LogP) is 9.22. The zero-order valence-electron chi connectivity index (χ0n) is 27.6. The summed E-state index contributed by atoms with van der Waals surface area (Å²) in [7, 11) is 0. The largest absolute Gasteiger partial charge is 0.356 e. The molecular weight excluding hydrogens is 582 g/mol. The third kappa shape index (κ3) is 13.4. The van der Waals surface area contributed by atoms with Gasteiger partial charge in [0.25, 0.3) is 0 Å². The molecule has 0 saturated carbocycles. The van der Waals surface area contributed by atoms with Gasteiger partial charge in [-0.05, 0) is 30.7 Å². The van der Waals surface area contributed by atoms with E-state index in [0.29, 0.717) is 6.54 Å².